The topological polar surface area (TPSA) is 89.7 Å². The van der Waals surface area contributed by atoms with Crippen LogP contribution < -0.4 is 5.73 Å². The molecule has 1 aliphatic carbocycles. The van der Waals surface area contributed by atoms with Crippen molar-refractivity contribution in [2.24, 2.45) is 5.73 Å². The van der Waals surface area contributed by atoms with Crippen LogP contribution in [0.5, 0.6) is 0 Å². The molecule has 0 bridgehead atoms. The van der Waals surface area contributed by atoms with E-state index >= 15 is 0 Å². The van der Waals surface area contributed by atoms with Gasteiger partial charge in [-0.1, -0.05) is 0 Å². The summed E-state index contributed by atoms with van der Waals surface area (Å²) in [6, 6.07) is -0.584. The third-order valence-corrected chi connectivity index (χ3v) is 5.85. The first-order valence-corrected chi connectivity index (χ1v) is 9.31. The van der Waals surface area contributed by atoms with Gasteiger partial charge in [0.2, 0.25) is 5.91 Å². The van der Waals surface area contributed by atoms with Crippen LogP contribution in [-0.4, -0.2) is 41.9 Å². The highest BCUT2D eigenvalue weighted by atomic mass is 32.1. The van der Waals surface area contributed by atoms with Crippen LogP contribution in [0.1, 0.15) is 52.9 Å². The third kappa shape index (κ3) is 3.45. The number of amides is 2. The van der Waals surface area contributed by atoms with Crippen LogP contribution in [0.4, 0.5) is 0 Å². The summed E-state index contributed by atoms with van der Waals surface area (Å²) in [6.45, 7) is 0.144. The highest BCUT2D eigenvalue weighted by Gasteiger charge is 2.31. The van der Waals surface area contributed by atoms with Crippen molar-refractivity contribution in [1.29, 1.82) is 0 Å². The van der Waals surface area contributed by atoms with Crippen LogP contribution in [0.25, 0.3) is 0 Å². The molecule has 2 amide bonds. The van der Waals surface area contributed by atoms with E-state index in [-0.39, 0.29) is 12.5 Å². The number of piperidine rings is 1. The summed E-state index contributed by atoms with van der Waals surface area (Å²) in [6.07, 6.45) is 6.43. The maximum Gasteiger partial charge on any atom is 0.339 e. The Morgan fingerprint density at radius 3 is 2.79 bits per heavy atom. The molecule has 1 aliphatic heterocycles. The van der Waals surface area contributed by atoms with Crippen molar-refractivity contribution >= 4 is 29.1 Å². The zero-order valence-electron chi connectivity index (χ0n) is 13.6. The monoisotopic (exact) mass is 350 g/mol. The van der Waals surface area contributed by atoms with Gasteiger partial charge in [0.1, 0.15) is 6.04 Å². The lowest BCUT2D eigenvalue weighted by molar-refractivity contribution is -0.143. The Balaban J connectivity index is 1.60. The molecule has 0 unspecified atom stereocenters. The number of carbonyl (C=O) groups excluding carboxylic acids is 3. The maximum atomic E-state index is 12.3. The second-order valence-electron chi connectivity index (χ2n) is 6.34. The molecule has 3 rings (SSSR count). The summed E-state index contributed by atoms with van der Waals surface area (Å²) in [4.78, 5) is 38.8. The number of aryl methyl sites for hydroxylation is 1. The van der Waals surface area contributed by atoms with Gasteiger partial charge in [0.25, 0.3) is 5.91 Å². The van der Waals surface area contributed by atoms with Crippen molar-refractivity contribution in [2.75, 3.05) is 13.2 Å². The molecule has 1 fully saturated rings. The summed E-state index contributed by atoms with van der Waals surface area (Å²) in [5.74, 6) is -1.30. The molecule has 130 valence electrons. The average Bonchev–Trinajstić information content (AvgIpc) is 3.03. The third-order valence-electron chi connectivity index (χ3n) is 4.76. The minimum absolute atomic E-state index is 0.340. The van der Waals surface area contributed by atoms with Gasteiger partial charge in [0.05, 0.1) is 5.56 Å². The van der Waals surface area contributed by atoms with Gasteiger partial charge in [0.15, 0.2) is 6.61 Å². The number of esters is 1. The average molecular weight is 350 g/mol. The van der Waals surface area contributed by atoms with Crippen molar-refractivity contribution in [3.8, 4) is 0 Å². The first-order chi connectivity index (χ1) is 11.6. The van der Waals surface area contributed by atoms with Gasteiger partial charge >= 0.3 is 5.97 Å². The van der Waals surface area contributed by atoms with Gasteiger partial charge in [-0.25, -0.2) is 4.79 Å². The molecular weight excluding hydrogens is 328 g/mol. The lowest BCUT2D eigenvalue weighted by Gasteiger charge is -2.33. The van der Waals surface area contributed by atoms with Gasteiger partial charge in [-0.15, -0.1) is 11.3 Å². The first-order valence-electron chi connectivity index (χ1n) is 8.43. The molecule has 1 aromatic heterocycles. The molecular formula is C17H22N2O4S. The minimum atomic E-state index is -0.584. The van der Waals surface area contributed by atoms with Crippen LogP contribution in [0, 0.1) is 0 Å². The molecule has 24 heavy (non-hydrogen) atoms. The summed E-state index contributed by atoms with van der Waals surface area (Å²) < 4.78 is 5.22. The fraction of sp³-hybridized carbons (Fsp3) is 0.588. The number of rotatable bonds is 4. The quantitative estimate of drug-likeness (QED) is 0.836. The Bertz CT molecular complexity index is 655. The van der Waals surface area contributed by atoms with Crippen LogP contribution in [0.3, 0.4) is 0 Å². The Hall–Kier alpha value is -1.89. The Morgan fingerprint density at radius 2 is 2.00 bits per heavy atom. The number of nitrogens with zero attached hydrogens (tertiary/aromatic N) is 1. The normalized spacial score (nSPS) is 20.3. The molecule has 6 nitrogen and oxygen atoms in total. The second kappa shape index (κ2) is 7.34. The van der Waals surface area contributed by atoms with Crippen LogP contribution in [0.15, 0.2) is 5.38 Å². The number of likely N-dealkylation sites (tertiary alicyclic amines) is 1. The van der Waals surface area contributed by atoms with Gasteiger partial charge in [0, 0.05) is 16.8 Å². The number of fused-ring (bicyclic) bond motifs is 1. The molecule has 2 N–H and O–H groups in total. The molecule has 0 spiro atoms. The second-order valence-corrected chi connectivity index (χ2v) is 7.30. The van der Waals surface area contributed by atoms with Gasteiger partial charge < -0.3 is 15.4 Å². The fourth-order valence-electron chi connectivity index (χ4n) is 3.48. The van der Waals surface area contributed by atoms with E-state index in [1.165, 1.54) is 9.78 Å². The van der Waals surface area contributed by atoms with E-state index in [4.69, 9.17) is 10.5 Å². The number of hydrogen-bond donors (Lipinski definition) is 1. The van der Waals surface area contributed by atoms with E-state index in [1.807, 2.05) is 5.38 Å². The van der Waals surface area contributed by atoms with E-state index in [9.17, 15) is 14.4 Å². The maximum absolute atomic E-state index is 12.3. The molecule has 1 atom stereocenters. The number of hydrogen-bond acceptors (Lipinski definition) is 5. The van der Waals surface area contributed by atoms with Crippen molar-refractivity contribution in [3.05, 3.63) is 21.4 Å². The van der Waals surface area contributed by atoms with Gasteiger partial charge in [-0.2, -0.15) is 0 Å². The summed E-state index contributed by atoms with van der Waals surface area (Å²) in [7, 11) is 0. The van der Waals surface area contributed by atoms with Crippen molar-refractivity contribution < 1.29 is 19.1 Å². The Labute approximate surface area is 145 Å². The minimum Gasteiger partial charge on any atom is -0.452 e. The van der Waals surface area contributed by atoms with E-state index in [1.54, 1.807) is 11.3 Å². The highest BCUT2D eigenvalue weighted by Crippen LogP contribution is 2.30. The fourth-order valence-corrected chi connectivity index (χ4v) is 4.59. The molecule has 0 saturated carbocycles. The Kier molecular flexibility index (Phi) is 5.18. The smallest absolute Gasteiger partial charge is 0.339 e. The van der Waals surface area contributed by atoms with E-state index < -0.39 is 17.9 Å². The van der Waals surface area contributed by atoms with Crippen LogP contribution in [0.2, 0.25) is 0 Å². The molecule has 7 heteroatoms. The number of ether oxygens (including phenoxy) is 1. The Morgan fingerprint density at radius 1 is 1.21 bits per heavy atom. The lowest BCUT2D eigenvalue weighted by Crippen LogP contribution is -2.51. The SMILES string of the molecule is NC(=O)[C@H]1CCCCN1C(=O)COC(=O)c1csc2c1CCCC2. The van der Waals surface area contributed by atoms with E-state index in [0.717, 1.165) is 44.1 Å². The van der Waals surface area contributed by atoms with Gasteiger partial charge in [-0.3, -0.25) is 9.59 Å². The van der Waals surface area contributed by atoms with Crippen LogP contribution in [-0.2, 0) is 27.2 Å². The van der Waals surface area contributed by atoms with E-state index in [0.29, 0.717) is 18.5 Å². The molecule has 1 saturated heterocycles. The largest absolute Gasteiger partial charge is 0.452 e. The molecule has 2 aliphatic rings. The van der Waals surface area contributed by atoms with E-state index in [2.05, 4.69) is 0 Å². The molecule has 1 aromatic rings. The lowest BCUT2D eigenvalue weighted by atomic mass is 9.96. The van der Waals surface area contributed by atoms with Crippen molar-refractivity contribution in [2.45, 2.75) is 51.0 Å². The number of carbonyl (C=O) groups is 3. The zero-order chi connectivity index (χ0) is 17.1. The molecule has 0 aromatic carbocycles. The summed E-state index contributed by atoms with van der Waals surface area (Å²) >= 11 is 1.59. The van der Waals surface area contributed by atoms with Gasteiger partial charge in [-0.05, 0) is 50.5 Å². The molecule has 0 radical (unpaired) electrons. The number of nitrogens with two attached hydrogens (primary N) is 1. The van der Waals surface area contributed by atoms with Crippen molar-refractivity contribution in [1.82, 2.24) is 4.90 Å². The summed E-state index contributed by atoms with van der Waals surface area (Å²) in [5, 5.41) is 1.83. The predicted molar refractivity (Wildman–Crippen MR) is 89.8 cm³/mol. The number of thiophene rings is 1. The van der Waals surface area contributed by atoms with Crippen LogP contribution >= 0.6 is 11.3 Å². The predicted octanol–water partition coefficient (Wildman–Crippen LogP) is 1.65. The summed E-state index contributed by atoms with van der Waals surface area (Å²) in [5.41, 5.74) is 7.04. The van der Waals surface area contributed by atoms with Crippen molar-refractivity contribution in [3.63, 3.8) is 0 Å². The highest BCUT2D eigenvalue weighted by molar-refractivity contribution is 7.10. The zero-order valence-corrected chi connectivity index (χ0v) is 14.4. The first kappa shape index (κ1) is 17.0. The standard InChI is InChI=1S/C17H22N2O4S/c18-16(21)13-6-3-4-8-19(13)15(20)9-23-17(22)12-10-24-14-7-2-1-5-11(12)14/h10,13H,1-9H2,(H2,18,21)/t13-/m1/s1. The number of primary amides is 1. The molecule has 2 heterocycles.